The molecule has 0 aromatic carbocycles. The number of aliphatic imine (C=N–C) groups is 2. The molecule has 1 rings (SSSR count). The molecule has 20 heavy (non-hydrogen) atoms. The number of rotatable bonds is 4. The molecule has 1 fully saturated rings. The van der Waals surface area contributed by atoms with Gasteiger partial charge >= 0.3 is 0 Å². The van der Waals surface area contributed by atoms with Crippen LogP contribution in [-0.2, 0) is 4.79 Å². The lowest BCUT2D eigenvalue weighted by Gasteiger charge is -2.23. The third-order valence-corrected chi connectivity index (χ3v) is 2.90. The third kappa shape index (κ3) is 4.50. The van der Waals surface area contributed by atoms with E-state index in [1.807, 2.05) is 32.9 Å². The van der Waals surface area contributed by atoms with E-state index in [4.69, 9.17) is 0 Å². The second kappa shape index (κ2) is 8.09. The Hall–Kier alpha value is -2.17. The zero-order chi connectivity index (χ0) is 15.0. The minimum atomic E-state index is -0.0738. The largest absolute Gasteiger partial charge is 0.351 e. The van der Waals surface area contributed by atoms with Crippen LogP contribution in [0.25, 0.3) is 0 Å². The molecule has 0 spiro atoms. The van der Waals surface area contributed by atoms with E-state index in [9.17, 15) is 4.79 Å². The lowest BCUT2D eigenvalue weighted by Crippen LogP contribution is -2.42. The summed E-state index contributed by atoms with van der Waals surface area (Å²) in [6, 6.07) is 0. The van der Waals surface area contributed by atoms with Crippen LogP contribution in [-0.4, -0.2) is 31.5 Å². The molecule has 1 atom stereocenters. The van der Waals surface area contributed by atoms with E-state index in [2.05, 4.69) is 20.6 Å². The second-order valence-corrected chi connectivity index (χ2v) is 4.55. The molecule has 1 aliphatic rings. The van der Waals surface area contributed by atoms with Crippen molar-refractivity contribution in [2.24, 2.45) is 15.9 Å². The first-order valence-corrected chi connectivity index (χ1v) is 6.63. The molecule has 1 unspecified atom stereocenters. The van der Waals surface area contributed by atoms with Crippen molar-refractivity contribution < 1.29 is 4.79 Å². The summed E-state index contributed by atoms with van der Waals surface area (Å²) in [4.78, 5) is 20.1. The van der Waals surface area contributed by atoms with Gasteiger partial charge in [-0.2, -0.15) is 0 Å². The number of carbonyl (C=O) groups is 1. The SMILES string of the molecule is C/C=C\N=CNC(C)=CC=C1C(=O)NCC(C)C1=NC. The van der Waals surface area contributed by atoms with Crippen LogP contribution in [0.3, 0.4) is 0 Å². The van der Waals surface area contributed by atoms with Gasteiger partial charge < -0.3 is 10.6 Å². The third-order valence-electron chi connectivity index (χ3n) is 2.90. The van der Waals surface area contributed by atoms with E-state index in [0.717, 1.165) is 11.4 Å². The zero-order valence-electron chi connectivity index (χ0n) is 12.5. The average Bonchev–Trinajstić information content (AvgIpc) is 2.44. The molecule has 0 bridgehead atoms. The van der Waals surface area contributed by atoms with Gasteiger partial charge in [0.15, 0.2) is 0 Å². The first-order chi connectivity index (χ1) is 9.60. The Bertz CT molecular complexity index is 498. The smallest absolute Gasteiger partial charge is 0.253 e. The molecule has 0 saturated carbocycles. The van der Waals surface area contributed by atoms with E-state index >= 15 is 0 Å². The fraction of sp³-hybridized carbons (Fsp3) is 0.400. The van der Waals surface area contributed by atoms with Crippen LogP contribution in [0.5, 0.6) is 0 Å². The summed E-state index contributed by atoms with van der Waals surface area (Å²) in [7, 11) is 1.72. The van der Waals surface area contributed by atoms with Gasteiger partial charge in [0.1, 0.15) is 0 Å². The number of hydrogen-bond acceptors (Lipinski definition) is 3. The molecular weight excluding hydrogens is 252 g/mol. The molecule has 5 nitrogen and oxygen atoms in total. The van der Waals surface area contributed by atoms with Crippen molar-refractivity contribution in [3.8, 4) is 0 Å². The van der Waals surface area contributed by atoms with Gasteiger partial charge in [-0.1, -0.05) is 13.0 Å². The Morgan fingerprint density at radius 2 is 2.25 bits per heavy atom. The highest BCUT2D eigenvalue weighted by molar-refractivity contribution is 6.24. The van der Waals surface area contributed by atoms with E-state index in [0.29, 0.717) is 12.1 Å². The summed E-state index contributed by atoms with van der Waals surface area (Å²) in [5.41, 5.74) is 2.37. The summed E-state index contributed by atoms with van der Waals surface area (Å²) in [6.45, 7) is 6.50. The molecule has 1 amide bonds. The van der Waals surface area contributed by atoms with Gasteiger partial charge in [-0.25, -0.2) is 4.99 Å². The lowest BCUT2D eigenvalue weighted by atomic mass is 9.93. The Morgan fingerprint density at radius 1 is 1.50 bits per heavy atom. The Morgan fingerprint density at radius 3 is 2.90 bits per heavy atom. The summed E-state index contributed by atoms with van der Waals surface area (Å²) < 4.78 is 0. The Kier molecular flexibility index (Phi) is 6.43. The number of piperidine rings is 1. The minimum absolute atomic E-state index is 0.0738. The summed E-state index contributed by atoms with van der Waals surface area (Å²) in [5.74, 6) is 0.164. The van der Waals surface area contributed by atoms with Crippen LogP contribution >= 0.6 is 0 Å². The number of hydrogen-bond donors (Lipinski definition) is 2. The van der Waals surface area contributed by atoms with E-state index < -0.39 is 0 Å². The summed E-state index contributed by atoms with van der Waals surface area (Å²) in [6.07, 6.45) is 8.77. The molecule has 1 aliphatic heterocycles. The maximum Gasteiger partial charge on any atom is 0.253 e. The van der Waals surface area contributed by atoms with Crippen LogP contribution in [0.1, 0.15) is 20.8 Å². The molecule has 5 heteroatoms. The second-order valence-electron chi connectivity index (χ2n) is 4.55. The van der Waals surface area contributed by atoms with Crippen molar-refractivity contribution in [2.45, 2.75) is 20.8 Å². The van der Waals surface area contributed by atoms with Crippen LogP contribution in [0.2, 0.25) is 0 Å². The fourth-order valence-electron chi connectivity index (χ4n) is 1.85. The first kappa shape index (κ1) is 15.9. The quantitative estimate of drug-likeness (QED) is 0.466. The van der Waals surface area contributed by atoms with Crippen molar-refractivity contribution >= 4 is 18.0 Å². The average molecular weight is 274 g/mol. The predicted octanol–water partition coefficient (Wildman–Crippen LogP) is 1.80. The highest BCUT2D eigenvalue weighted by Crippen LogP contribution is 2.14. The van der Waals surface area contributed by atoms with Gasteiger partial charge in [0.2, 0.25) is 0 Å². The van der Waals surface area contributed by atoms with Crippen LogP contribution in [0.15, 0.2) is 45.7 Å². The molecule has 0 radical (unpaired) electrons. The van der Waals surface area contributed by atoms with E-state index in [1.54, 1.807) is 25.7 Å². The standard InChI is InChI=1S/C15H22N4O/c1-5-8-17-10-19-12(3)6-7-13-14(16-4)11(2)9-18-15(13)20/h5-8,10-11H,9H2,1-4H3,(H,17,19)(H,18,20)/b8-5-,12-6?,13-7?,16-14?. The van der Waals surface area contributed by atoms with Crippen molar-refractivity contribution in [2.75, 3.05) is 13.6 Å². The molecule has 0 aromatic heterocycles. The zero-order valence-corrected chi connectivity index (χ0v) is 12.5. The van der Waals surface area contributed by atoms with Crippen molar-refractivity contribution in [1.29, 1.82) is 0 Å². The van der Waals surface area contributed by atoms with Crippen molar-refractivity contribution in [1.82, 2.24) is 10.6 Å². The molecule has 0 aliphatic carbocycles. The predicted molar refractivity (Wildman–Crippen MR) is 83.8 cm³/mol. The first-order valence-electron chi connectivity index (χ1n) is 6.63. The Labute approximate surface area is 120 Å². The number of allylic oxidation sites excluding steroid dienone is 4. The van der Waals surface area contributed by atoms with Crippen LogP contribution in [0, 0.1) is 5.92 Å². The number of amides is 1. The minimum Gasteiger partial charge on any atom is -0.351 e. The molecule has 1 saturated heterocycles. The van der Waals surface area contributed by atoms with Gasteiger partial charge in [-0.3, -0.25) is 9.79 Å². The number of nitrogens with zero attached hydrogens (tertiary/aromatic N) is 2. The van der Waals surface area contributed by atoms with Gasteiger partial charge in [-0.05, 0) is 26.0 Å². The van der Waals surface area contributed by atoms with Gasteiger partial charge in [0.05, 0.1) is 17.6 Å². The molecule has 1 heterocycles. The highest BCUT2D eigenvalue weighted by Gasteiger charge is 2.25. The normalized spacial score (nSPS) is 24.9. The van der Waals surface area contributed by atoms with Gasteiger partial charge in [0, 0.05) is 31.4 Å². The monoisotopic (exact) mass is 274 g/mol. The molecule has 2 N–H and O–H groups in total. The van der Waals surface area contributed by atoms with Crippen LogP contribution in [0.4, 0.5) is 0 Å². The maximum atomic E-state index is 11.9. The number of carbonyl (C=O) groups excluding carboxylic acids is 1. The molecule has 0 aromatic rings. The molecular formula is C15H22N4O. The molecule has 108 valence electrons. The van der Waals surface area contributed by atoms with E-state index in [1.165, 1.54) is 0 Å². The highest BCUT2D eigenvalue weighted by atomic mass is 16.1. The maximum absolute atomic E-state index is 11.9. The van der Waals surface area contributed by atoms with Gasteiger partial charge in [0.25, 0.3) is 5.91 Å². The fourth-order valence-corrected chi connectivity index (χ4v) is 1.85. The summed E-state index contributed by atoms with van der Waals surface area (Å²) in [5, 5.41) is 5.87. The van der Waals surface area contributed by atoms with Crippen molar-refractivity contribution in [3.63, 3.8) is 0 Å². The number of nitrogens with one attached hydrogen (secondary N) is 2. The lowest BCUT2D eigenvalue weighted by molar-refractivity contribution is -0.117. The van der Waals surface area contributed by atoms with Crippen LogP contribution < -0.4 is 10.6 Å². The van der Waals surface area contributed by atoms with Crippen molar-refractivity contribution in [3.05, 3.63) is 35.7 Å². The Balaban J connectivity index is 2.82. The summed E-state index contributed by atoms with van der Waals surface area (Å²) >= 11 is 0. The topological polar surface area (TPSA) is 65.8 Å². The van der Waals surface area contributed by atoms with Gasteiger partial charge in [-0.15, -0.1) is 0 Å². The van der Waals surface area contributed by atoms with E-state index in [-0.39, 0.29) is 11.8 Å².